The van der Waals surface area contributed by atoms with Crippen LogP contribution in [0.2, 0.25) is 5.02 Å². The van der Waals surface area contributed by atoms with E-state index in [1.165, 1.54) is 12.8 Å². The van der Waals surface area contributed by atoms with E-state index in [0.29, 0.717) is 11.6 Å². The highest BCUT2D eigenvalue weighted by Crippen LogP contribution is 2.19. The second kappa shape index (κ2) is 4.11. The van der Waals surface area contributed by atoms with E-state index in [2.05, 4.69) is 14.9 Å². The summed E-state index contributed by atoms with van der Waals surface area (Å²) in [7, 11) is 0. The lowest BCUT2D eigenvalue weighted by Gasteiger charge is -2.15. The first kappa shape index (κ1) is 9.68. The molecule has 0 unspecified atom stereocenters. The molecule has 1 aliphatic heterocycles. The summed E-state index contributed by atoms with van der Waals surface area (Å²) in [6, 6.07) is 0. The first-order chi connectivity index (χ1) is 6.81. The van der Waals surface area contributed by atoms with E-state index in [4.69, 9.17) is 17.3 Å². The lowest BCUT2D eigenvalue weighted by molar-refractivity contribution is 0.868. The second-order valence-corrected chi connectivity index (χ2v) is 3.77. The molecule has 5 heteroatoms. The Labute approximate surface area is 88.1 Å². The van der Waals surface area contributed by atoms with E-state index in [1.54, 1.807) is 6.20 Å². The van der Waals surface area contributed by atoms with Gasteiger partial charge in [-0.3, -0.25) is 0 Å². The van der Waals surface area contributed by atoms with Crippen molar-refractivity contribution in [3.63, 3.8) is 0 Å². The van der Waals surface area contributed by atoms with Gasteiger partial charge in [-0.15, -0.1) is 0 Å². The average Bonchev–Trinajstić information content (AvgIpc) is 2.71. The fourth-order valence-electron chi connectivity index (χ4n) is 1.60. The summed E-state index contributed by atoms with van der Waals surface area (Å²) in [4.78, 5) is 10.7. The van der Waals surface area contributed by atoms with Gasteiger partial charge in [0.2, 0.25) is 5.95 Å². The van der Waals surface area contributed by atoms with Crippen LogP contribution in [0, 0.1) is 0 Å². The van der Waals surface area contributed by atoms with Crippen LogP contribution in [0.25, 0.3) is 0 Å². The van der Waals surface area contributed by atoms with Crippen LogP contribution in [0.5, 0.6) is 0 Å². The van der Waals surface area contributed by atoms with Crippen molar-refractivity contribution in [2.45, 2.75) is 19.4 Å². The normalized spacial score (nSPS) is 16.3. The molecule has 4 nitrogen and oxygen atoms in total. The van der Waals surface area contributed by atoms with E-state index in [-0.39, 0.29) is 0 Å². The molecule has 0 aliphatic carbocycles. The van der Waals surface area contributed by atoms with Gasteiger partial charge in [0, 0.05) is 19.6 Å². The van der Waals surface area contributed by atoms with Gasteiger partial charge in [-0.2, -0.15) is 0 Å². The molecule has 0 bridgehead atoms. The van der Waals surface area contributed by atoms with Gasteiger partial charge in [0.1, 0.15) is 0 Å². The summed E-state index contributed by atoms with van der Waals surface area (Å²) < 4.78 is 0. The maximum atomic E-state index is 5.88. The molecule has 1 aliphatic rings. The van der Waals surface area contributed by atoms with E-state index in [1.807, 2.05) is 0 Å². The largest absolute Gasteiger partial charge is 0.341 e. The Morgan fingerprint density at radius 1 is 1.43 bits per heavy atom. The van der Waals surface area contributed by atoms with Crippen LogP contribution >= 0.6 is 11.6 Å². The maximum Gasteiger partial charge on any atom is 0.225 e. The minimum absolute atomic E-state index is 0.363. The van der Waals surface area contributed by atoms with Crippen LogP contribution in [-0.2, 0) is 6.54 Å². The number of anilines is 1. The molecule has 1 aromatic rings. The maximum absolute atomic E-state index is 5.88. The summed E-state index contributed by atoms with van der Waals surface area (Å²) in [5.74, 6) is 0.757. The van der Waals surface area contributed by atoms with Crippen LogP contribution < -0.4 is 10.6 Å². The van der Waals surface area contributed by atoms with Crippen LogP contribution in [0.1, 0.15) is 18.5 Å². The van der Waals surface area contributed by atoms with Crippen LogP contribution in [-0.4, -0.2) is 23.1 Å². The van der Waals surface area contributed by atoms with Gasteiger partial charge in [-0.25, -0.2) is 9.97 Å². The van der Waals surface area contributed by atoms with Crippen molar-refractivity contribution in [3.05, 3.63) is 16.9 Å². The van der Waals surface area contributed by atoms with Gasteiger partial charge >= 0.3 is 0 Å². The Morgan fingerprint density at radius 2 is 2.14 bits per heavy atom. The minimum atomic E-state index is 0.363. The Bertz CT molecular complexity index is 323. The Kier molecular flexibility index (Phi) is 2.84. The van der Waals surface area contributed by atoms with Gasteiger partial charge in [0.25, 0.3) is 0 Å². The standard InChI is InChI=1S/C9H13ClN4/c10-7-6-12-9(13-8(7)5-11)14-3-1-2-4-14/h6H,1-5,11H2. The van der Waals surface area contributed by atoms with E-state index < -0.39 is 0 Å². The summed E-state index contributed by atoms with van der Waals surface area (Å²) in [5.41, 5.74) is 6.25. The molecule has 0 radical (unpaired) electrons. The van der Waals surface area contributed by atoms with Gasteiger partial charge < -0.3 is 10.6 Å². The molecule has 0 amide bonds. The number of hydrogen-bond acceptors (Lipinski definition) is 4. The quantitative estimate of drug-likeness (QED) is 0.800. The summed E-state index contributed by atoms with van der Waals surface area (Å²) >= 11 is 5.88. The third kappa shape index (κ3) is 1.81. The molecule has 2 N–H and O–H groups in total. The number of nitrogens with zero attached hydrogens (tertiary/aromatic N) is 3. The average molecular weight is 213 g/mol. The highest BCUT2D eigenvalue weighted by molar-refractivity contribution is 6.31. The monoisotopic (exact) mass is 212 g/mol. The van der Waals surface area contributed by atoms with E-state index in [0.717, 1.165) is 24.7 Å². The van der Waals surface area contributed by atoms with Crippen LogP contribution in [0.4, 0.5) is 5.95 Å². The van der Waals surface area contributed by atoms with E-state index >= 15 is 0 Å². The molecule has 1 aromatic heterocycles. The van der Waals surface area contributed by atoms with Crippen LogP contribution in [0.15, 0.2) is 6.20 Å². The van der Waals surface area contributed by atoms with Crippen molar-refractivity contribution >= 4 is 17.5 Å². The molecule has 0 atom stereocenters. The molecular formula is C9H13ClN4. The van der Waals surface area contributed by atoms with Gasteiger partial charge in [-0.1, -0.05) is 11.6 Å². The fourth-order valence-corrected chi connectivity index (χ4v) is 1.77. The molecule has 1 saturated heterocycles. The van der Waals surface area contributed by atoms with Gasteiger partial charge in [-0.05, 0) is 12.8 Å². The van der Waals surface area contributed by atoms with Crippen LogP contribution in [0.3, 0.4) is 0 Å². The molecule has 1 fully saturated rings. The molecule has 2 rings (SSSR count). The summed E-state index contributed by atoms with van der Waals surface area (Å²) in [6.07, 6.45) is 4.05. The highest BCUT2D eigenvalue weighted by Gasteiger charge is 2.15. The molecule has 14 heavy (non-hydrogen) atoms. The zero-order valence-corrected chi connectivity index (χ0v) is 8.67. The lowest BCUT2D eigenvalue weighted by atomic mass is 10.4. The zero-order chi connectivity index (χ0) is 9.97. The number of nitrogens with two attached hydrogens (primary N) is 1. The van der Waals surface area contributed by atoms with Crippen molar-refractivity contribution in [2.75, 3.05) is 18.0 Å². The van der Waals surface area contributed by atoms with Crippen molar-refractivity contribution < 1.29 is 0 Å². The number of halogens is 1. The zero-order valence-electron chi connectivity index (χ0n) is 7.91. The predicted molar refractivity (Wildman–Crippen MR) is 56.4 cm³/mol. The molecule has 0 saturated carbocycles. The third-order valence-corrected chi connectivity index (χ3v) is 2.70. The smallest absolute Gasteiger partial charge is 0.225 e. The number of aromatic nitrogens is 2. The Morgan fingerprint density at radius 3 is 2.79 bits per heavy atom. The van der Waals surface area contributed by atoms with Crippen molar-refractivity contribution in [2.24, 2.45) is 5.73 Å². The molecular weight excluding hydrogens is 200 g/mol. The summed E-state index contributed by atoms with van der Waals surface area (Å²) in [5, 5.41) is 0.551. The highest BCUT2D eigenvalue weighted by atomic mass is 35.5. The molecule has 0 spiro atoms. The Balaban J connectivity index is 2.25. The van der Waals surface area contributed by atoms with Gasteiger partial charge in [0.05, 0.1) is 16.9 Å². The van der Waals surface area contributed by atoms with Gasteiger partial charge in [0.15, 0.2) is 0 Å². The third-order valence-electron chi connectivity index (χ3n) is 2.39. The number of rotatable bonds is 2. The van der Waals surface area contributed by atoms with Crippen molar-refractivity contribution in [3.8, 4) is 0 Å². The van der Waals surface area contributed by atoms with E-state index in [9.17, 15) is 0 Å². The molecule has 2 heterocycles. The Hall–Kier alpha value is -0.870. The first-order valence-electron chi connectivity index (χ1n) is 4.77. The topological polar surface area (TPSA) is 55.0 Å². The number of hydrogen-bond donors (Lipinski definition) is 1. The SMILES string of the molecule is NCc1nc(N2CCCC2)ncc1Cl. The lowest BCUT2D eigenvalue weighted by Crippen LogP contribution is -2.21. The second-order valence-electron chi connectivity index (χ2n) is 3.36. The minimum Gasteiger partial charge on any atom is -0.341 e. The summed E-state index contributed by atoms with van der Waals surface area (Å²) in [6.45, 7) is 2.43. The predicted octanol–water partition coefficient (Wildman–Crippen LogP) is 1.19. The fraction of sp³-hybridized carbons (Fsp3) is 0.556. The van der Waals surface area contributed by atoms with Crippen molar-refractivity contribution in [1.29, 1.82) is 0 Å². The molecule has 76 valence electrons. The molecule has 0 aromatic carbocycles. The van der Waals surface area contributed by atoms with Crippen molar-refractivity contribution in [1.82, 2.24) is 9.97 Å². The first-order valence-corrected chi connectivity index (χ1v) is 5.15.